The zero-order valence-electron chi connectivity index (χ0n) is 23.6. The lowest BCUT2D eigenvalue weighted by Gasteiger charge is -2.36. The number of aromatic amines is 1. The van der Waals surface area contributed by atoms with Crippen molar-refractivity contribution in [2.75, 3.05) is 23.3 Å². The molecule has 8 nitrogen and oxygen atoms in total. The summed E-state index contributed by atoms with van der Waals surface area (Å²) in [5, 5.41) is 17.8. The van der Waals surface area contributed by atoms with Gasteiger partial charge in [-0.3, -0.25) is 9.69 Å². The first-order chi connectivity index (χ1) is 20.6. The molecule has 3 heterocycles. The van der Waals surface area contributed by atoms with Crippen LogP contribution in [-0.2, 0) is 17.8 Å². The predicted octanol–water partition coefficient (Wildman–Crippen LogP) is 5.49. The van der Waals surface area contributed by atoms with Gasteiger partial charge in [0.25, 0.3) is 0 Å². The third-order valence-corrected chi connectivity index (χ3v) is 8.49. The number of likely N-dealkylation sites (tertiary alicyclic amines) is 1. The first kappa shape index (κ1) is 26.1. The summed E-state index contributed by atoms with van der Waals surface area (Å²) in [5.74, 6) is 0.579. The molecule has 2 aliphatic rings. The summed E-state index contributed by atoms with van der Waals surface area (Å²) in [6.07, 6.45) is 1.45. The van der Waals surface area contributed by atoms with Crippen molar-refractivity contribution >= 4 is 17.3 Å². The van der Waals surface area contributed by atoms with Crippen LogP contribution in [0.25, 0.3) is 22.5 Å². The molecule has 2 saturated heterocycles. The number of rotatable bonds is 8. The van der Waals surface area contributed by atoms with Gasteiger partial charge in [0.1, 0.15) is 0 Å². The minimum absolute atomic E-state index is 0.0277. The largest absolute Gasteiger partial charge is 0.364 e. The number of hydrogen-bond acceptors (Lipinski definition) is 6. The standard InChI is InChI=1S/C34H33N7O/c1-23-11-13-24(14-12-23)17-33(42)35-31-18-26(29-9-5-6-10-30(29)34-36-38-39-37-34)15-16-32(31)41-22-27-19-28(41)21-40(27)20-25-7-3-2-4-8-25/h2-16,18,27-28H,17,19-22H2,1H3,(H,35,42)(H,36,37,38,39). The van der Waals surface area contributed by atoms with Crippen molar-refractivity contribution in [2.45, 2.75) is 38.4 Å². The smallest absolute Gasteiger partial charge is 0.228 e. The lowest BCUT2D eigenvalue weighted by molar-refractivity contribution is -0.115. The van der Waals surface area contributed by atoms with Gasteiger partial charge in [-0.2, -0.15) is 0 Å². The molecule has 8 heteroatoms. The van der Waals surface area contributed by atoms with Crippen LogP contribution in [0.15, 0.2) is 97.1 Å². The molecule has 210 valence electrons. The third kappa shape index (κ3) is 5.29. The maximum atomic E-state index is 13.4. The highest BCUT2D eigenvalue weighted by molar-refractivity contribution is 5.97. The van der Waals surface area contributed by atoms with Crippen molar-refractivity contribution in [3.8, 4) is 22.5 Å². The van der Waals surface area contributed by atoms with Gasteiger partial charge in [0.2, 0.25) is 5.91 Å². The summed E-state index contributed by atoms with van der Waals surface area (Å²) >= 11 is 0. The number of amides is 1. The lowest BCUT2D eigenvalue weighted by Crippen LogP contribution is -2.46. The first-order valence-corrected chi connectivity index (χ1v) is 14.5. The highest BCUT2D eigenvalue weighted by Crippen LogP contribution is 2.41. The van der Waals surface area contributed by atoms with E-state index in [1.807, 2.05) is 42.5 Å². The Kier molecular flexibility index (Phi) is 6.97. The SMILES string of the molecule is Cc1ccc(CC(=O)Nc2cc(-c3ccccc3-c3nnn[nH]3)ccc2N2CC3CC2CN3Cc2ccccc2)cc1. The number of carbonyl (C=O) groups excluding carboxylic acids is 1. The second-order valence-corrected chi connectivity index (χ2v) is 11.3. The molecule has 2 fully saturated rings. The minimum Gasteiger partial charge on any atom is -0.364 e. The van der Waals surface area contributed by atoms with Crippen molar-refractivity contribution < 1.29 is 4.79 Å². The number of piperazine rings is 1. The topological polar surface area (TPSA) is 90.0 Å². The zero-order valence-corrected chi connectivity index (χ0v) is 23.6. The van der Waals surface area contributed by atoms with Gasteiger partial charge < -0.3 is 10.2 Å². The Morgan fingerprint density at radius 1 is 0.881 bits per heavy atom. The van der Waals surface area contributed by atoms with Gasteiger partial charge in [-0.25, -0.2) is 5.10 Å². The van der Waals surface area contributed by atoms with Gasteiger partial charge >= 0.3 is 0 Å². The number of tetrazole rings is 1. The predicted molar refractivity (Wildman–Crippen MR) is 165 cm³/mol. The summed E-state index contributed by atoms with van der Waals surface area (Å²) in [6.45, 7) is 4.98. The molecule has 0 spiro atoms. The van der Waals surface area contributed by atoms with Crippen LogP contribution in [-0.4, -0.2) is 56.6 Å². The number of anilines is 2. The number of H-pyrrole nitrogens is 1. The van der Waals surface area contributed by atoms with Crippen molar-refractivity contribution in [2.24, 2.45) is 0 Å². The molecule has 1 amide bonds. The summed E-state index contributed by atoms with van der Waals surface area (Å²) in [5.41, 5.74) is 8.32. The molecule has 1 aromatic heterocycles. The van der Waals surface area contributed by atoms with Crippen molar-refractivity contribution in [3.05, 3.63) is 114 Å². The maximum Gasteiger partial charge on any atom is 0.228 e. The molecular formula is C34H33N7O. The molecule has 7 rings (SSSR count). The molecule has 5 aromatic rings. The quantitative estimate of drug-likeness (QED) is 0.263. The molecule has 4 aromatic carbocycles. The van der Waals surface area contributed by atoms with E-state index in [1.54, 1.807) is 0 Å². The number of carbonyl (C=O) groups is 1. The third-order valence-electron chi connectivity index (χ3n) is 8.49. The summed E-state index contributed by atoms with van der Waals surface area (Å²) in [6, 6.07) is 34.2. The Morgan fingerprint density at radius 3 is 2.40 bits per heavy atom. The minimum atomic E-state index is -0.0277. The highest BCUT2D eigenvalue weighted by Gasteiger charge is 2.43. The molecule has 0 aliphatic carbocycles. The summed E-state index contributed by atoms with van der Waals surface area (Å²) in [7, 11) is 0. The van der Waals surface area contributed by atoms with Gasteiger partial charge in [0.05, 0.1) is 17.8 Å². The fraction of sp³-hybridized carbons (Fsp3) is 0.235. The van der Waals surface area contributed by atoms with Crippen LogP contribution in [0.1, 0.15) is 23.1 Å². The van der Waals surface area contributed by atoms with Gasteiger partial charge in [0, 0.05) is 37.3 Å². The van der Waals surface area contributed by atoms with E-state index in [0.717, 1.165) is 59.7 Å². The average molecular weight is 556 g/mol. The summed E-state index contributed by atoms with van der Waals surface area (Å²) < 4.78 is 0. The highest BCUT2D eigenvalue weighted by atomic mass is 16.1. The van der Waals surface area contributed by atoms with E-state index in [0.29, 0.717) is 24.3 Å². The number of fused-ring (bicyclic) bond motifs is 2. The second-order valence-electron chi connectivity index (χ2n) is 11.3. The van der Waals surface area contributed by atoms with Crippen LogP contribution in [0.4, 0.5) is 11.4 Å². The Hall–Kier alpha value is -4.82. The normalized spacial score (nSPS) is 18.0. The number of benzene rings is 4. The number of aromatic nitrogens is 4. The molecule has 2 bridgehead atoms. The molecule has 2 unspecified atom stereocenters. The summed E-state index contributed by atoms with van der Waals surface area (Å²) in [4.78, 5) is 18.5. The number of nitrogens with zero attached hydrogens (tertiary/aromatic N) is 5. The van der Waals surface area contributed by atoms with Crippen LogP contribution >= 0.6 is 0 Å². The molecule has 2 N–H and O–H groups in total. The van der Waals surface area contributed by atoms with E-state index in [2.05, 4.69) is 97.3 Å². The van der Waals surface area contributed by atoms with E-state index in [1.165, 1.54) is 11.1 Å². The van der Waals surface area contributed by atoms with Crippen LogP contribution < -0.4 is 10.2 Å². The molecular weight excluding hydrogens is 522 g/mol. The molecule has 2 aliphatic heterocycles. The van der Waals surface area contributed by atoms with E-state index in [4.69, 9.17) is 0 Å². The second kappa shape index (κ2) is 11.2. The van der Waals surface area contributed by atoms with Gasteiger partial charge in [-0.1, -0.05) is 90.5 Å². The van der Waals surface area contributed by atoms with E-state index < -0.39 is 0 Å². The van der Waals surface area contributed by atoms with Crippen LogP contribution in [0.5, 0.6) is 0 Å². The van der Waals surface area contributed by atoms with Crippen LogP contribution in [0.2, 0.25) is 0 Å². The molecule has 0 radical (unpaired) electrons. The molecule has 2 atom stereocenters. The van der Waals surface area contributed by atoms with Gasteiger partial charge in [-0.05, 0) is 58.2 Å². The van der Waals surface area contributed by atoms with Crippen LogP contribution in [0.3, 0.4) is 0 Å². The Morgan fingerprint density at radius 2 is 1.67 bits per heavy atom. The van der Waals surface area contributed by atoms with E-state index in [9.17, 15) is 4.79 Å². The van der Waals surface area contributed by atoms with Crippen molar-refractivity contribution in [1.29, 1.82) is 0 Å². The van der Waals surface area contributed by atoms with E-state index in [-0.39, 0.29) is 5.91 Å². The van der Waals surface area contributed by atoms with Gasteiger partial charge in [0.15, 0.2) is 5.82 Å². The molecule has 0 saturated carbocycles. The van der Waals surface area contributed by atoms with Crippen molar-refractivity contribution in [3.63, 3.8) is 0 Å². The fourth-order valence-corrected chi connectivity index (χ4v) is 6.41. The Labute approximate surface area is 245 Å². The monoisotopic (exact) mass is 555 g/mol. The number of hydrogen-bond donors (Lipinski definition) is 2. The van der Waals surface area contributed by atoms with E-state index >= 15 is 0 Å². The Balaban J connectivity index is 1.18. The number of aryl methyl sites for hydroxylation is 1. The van der Waals surface area contributed by atoms with Gasteiger partial charge in [-0.15, -0.1) is 5.10 Å². The van der Waals surface area contributed by atoms with Crippen molar-refractivity contribution in [1.82, 2.24) is 25.5 Å². The first-order valence-electron chi connectivity index (χ1n) is 14.5. The lowest BCUT2D eigenvalue weighted by atomic mass is 9.98. The van der Waals surface area contributed by atoms with Crippen LogP contribution in [0, 0.1) is 6.92 Å². The maximum absolute atomic E-state index is 13.4. The zero-order chi connectivity index (χ0) is 28.5. The number of nitrogens with one attached hydrogen (secondary N) is 2. The fourth-order valence-electron chi connectivity index (χ4n) is 6.41. The Bertz CT molecular complexity index is 1690. The molecule has 42 heavy (non-hydrogen) atoms. The average Bonchev–Trinajstić information content (AvgIpc) is 3.78.